The van der Waals surface area contributed by atoms with Crippen molar-refractivity contribution in [2.24, 2.45) is 11.7 Å². The molecular formula is C12H14BrF2NO. The lowest BCUT2D eigenvalue weighted by molar-refractivity contribution is 0.0959. The lowest BCUT2D eigenvalue weighted by Crippen LogP contribution is -2.29. The molecular weight excluding hydrogens is 292 g/mol. The number of carbonyl (C=O) groups is 1. The Balaban J connectivity index is 3.01. The molecule has 1 atom stereocenters. The van der Waals surface area contributed by atoms with Gasteiger partial charge in [-0.25, -0.2) is 8.78 Å². The van der Waals surface area contributed by atoms with Gasteiger partial charge < -0.3 is 5.73 Å². The van der Waals surface area contributed by atoms with Crippen LogP contribution in [0.3, 0.4) is 0 Å². The molecule has 0 aromatic heterocycles. The predicted molar refractivity (Wildman–Crippen MR) is 65.8 cm³/mol. The summed E-state index contributed by atoms with van der Waals surface area (Å²) in [5, 5.41) is 0. The number of benzene rings is 1. The number of nitrogens with two attached hydrogens (primary N) is 1. The van der Waals surface area contributed by atoms with E-state index < -0.39 is 29.0 Å². The van der Waals surface area contributed by atoms with E-state index in [1.807, 2.05) is 13.8 Å². The van der Waals surface area contributed by atoms with Gasteiger partial charge in [-0.2, -0.15) is 0 Å². The molecule has 0 aliphatic heterocycles. The zero-order valence-corrected chi connectivity index (χ0v) is 11.2. The molecule has 1 unspecified atom stereocenters. The van der Waals surface area contributed by atoms with Gasteiger partial charge in [0, 0.05) is 12.5 Å². The Bertz CT molecular complexity index is 435. The van der Waals surface area contributed by atoms with Gasteiger partial charge >= 0.3 is 0 Å². The van der Waals surface area contributed by atoms with Crippen LogP contribution in [0.1, 0.15) is 30.6 Å². The van der Waals surface area contributed by atoms with E-state index in [-0.39, 0.29) is 16.8 Å². The second-order valence-electron chi connectivity index (χ2n) is 4.25. The summed E-state index contributed by atoms with van der Waals surface area (Å²) in [6, 6.07) is 1.88. The first kappa shape index (κ1) is 14.3. The normalized spacial score (nSPS) is 12.9. The van der Waals surface area contributed by atoms with Crippen molar-refractivity contribution in [1.29, 1.82) is 0 Å². The molecule has 0 bridgehead atoms. The van der Waals surface area contributed by atoms with Gasteiger partial charge in [0.1, 0.15) is 5.82 Å². The van der Waals surface area contributed by atoms with Crippen LogP contribution in [0.25, 0.3) is 0 Å². The van der Waals surface area contributed by atoms with E-state index >= 15 is 0 Å². The first-order valence-electron chi connectivity index (χ1n) is 5.26. The molecule has 0 radical (unpaired) electrons. The number of hydrogen-bond acceptors (Lipinski definition) is 2. The Labute approximate surface area is 107 Å². The van der Waals surface area contributed by atoms with Crippen molar-refractivity contribution in [2.75, 3.05) is 0 Å². The van der Waals surface area contributed by atoms with Gasteiger partial charge in [0.25, 0.3) is 0 Å². The number of rotatable bonds is 4. The highest BCUT2D eigenvalue weighted by Gasteiger charge is 2.22. The largest absolute Gasteiger partial charge is 0.327 e. The van der Waals surface area contributed by atoms with Crippen LogP contribution >= 0.6 is 15.9 Å². The van der Waals surface area contributed by atoms with E-state index in [0.29, 0.717) is 0 Å². The molecule has 0 heterocycles. The number of ketones is 1. The average Bonchev–Trinajstić information content (AvgIpc) is 2.24. The maximum absolute atomic E-state index is 13.6. The van der Waals surface area contributed by atoms with Gasteiger partial charge in [0.05, 0.1) is 10.0 Å². The lowest BCUT2D eigenvalue weighted by Gasteiger charge is -2.15. The minimum Gasteiger partial charge on any atom is -0.327 e. The molecule has 0 saturated carbocycles. The Morgan fingerprint density at radius 1 is 1.41 bits per heavy atom. The summed E-state index contributed by atoms with van der Waals surface area (Å²) in [5.74, 6) is -2.25. The fraction of sp³-hybridized carbons (Fsp3) is 0.417. The Hall–Kier alpha value is -0.810. The zero-order valence-electron chi connectivity index (χ0n) is 9.64. The summed E-state index contributed by atoms with van der Waals surface area (Å²) in [6.45, 7) is 3.71. The minimum atomic E-state index is -0.869. The average molecular weight is 306 g/mol. The fourth-order valence-electron chi connectivity index (χ4n) is 1.33. The summed E-state index contributed by atoms with van der Waals surface area (Å²) in [5.41, 5.74) is 5.20. The van der Waals surface area contributed by atoms with E-state index in [9.17, 15) is 13.6 Å². The van der Waals surface area contributed by atoms with Crippen molar-refractivity contribution in [3.05, 3.63) is 33.8 Å². The number of hydrogen-bond donors (Lipinski definition) is 1. The second kappa shape index (κ2) is 5.69. The number of Topliss-reactive ketones (excluding diaryl/α,β-unsaturated/α-hetero) is 1. The van der Waals surface area contributed by atoms with Gasteiger partial charge in [0.2, 0.25) is 0 Å². The second-order valence-corrected chi connectivity index (χ2v) is 5.11. The smallest absolute Gasteiger partial charge is 0.170 e. The SMILES string of the molecule is CC(C)C(N)CC(=O)c1c(F)ccc(Br)c1F. The molecule has 0 aliphatic carbocycles. The summed E-state index contributed by atoms with van der Waals surface area (Å²) >= 11 is 2.92. The van der Waals surface area contributed by atoms with Crippen molar-refractivity contribution in [2.45, 2.75) is 26.3 Å². The Morgan fingerprint density at radius 2 is 2.00 bits per heavy atom. The van der Waals surface area contributed by atoms with Crippen LogP contribution in [-0.2, 0) is 0 Å². The molecule has 1 aromatic carbocycles. The van der Waals surface area contributed by atoms with Crippen LogP contribution in [-0.4, -0.2) is 11.8 Å². The van der Waals surface area contributed by atoms with Crippen LogP contribution in [0, 0.1) is 17.6 Å². The van der Waals surface area contributed by atoms with Crippen molar-refractivity contribution < 1.29 is 13.6 Å². The quantitative estimate of drug-likeness (QED) is 0.685. The van der Waals surface area contributed by atoms with Gasteiger partial charge in [0.15, 0.2) is 11.6 Å². The maximum Gasteiger partial charge on any atom is 0.170 e. The van der Waals surface area contributed by atoms with E-state index in [4.69, 9.17) is 5.73 Å². The van der Waals surface area contributed by atoms with Crippen molar-refractivity contribution >= 4 is 21.7 Å². The highest BCUT2D eigenvalue weighted by Crippen LogP contribution is 2.23. The summed E-state index contributed by atoms with van der Waals surface area (Å²) in [7, 11) is 0. The third-order valence-electron chi connectivity index (χ3n) is 2.60. The molecule has 17 heavy (non-hydrogen) atoms. The monoisotopic (exact) mass is 305 g/mol. The summed E-state index contributed by atoms with van der Waals surface area (Å²) in [6.07, 6.45) is -0.0675. The standard InChI is InChI=1S/C12H14BrF2NO/c1-6(2)9(16)5-10(17)11-8(14)4-3-7(13)12(11)15/h3-4,6,9H,5,16H2,1-2H3. The minimum absolute atomic E-state index is 0.0675. The van der Waals surface area contributed by atoms with E-state index in [1.165, 1.54) is 6.07 Å². The highest BCUT2D eigenvalue weighted by atomic mass is 79.9. The molecule has 2 N–H and O–H groups in total. The lowest BCUT2D eigenvalue weighted by atomic mass is 9.96. The van der Waals surface area contributed by atoms with Crippen LogP contribution in [0.5, 0.6) is 0 Å². The molecule has 0 saturated heterocycles. The molecule has 2 nitrogen and oxygen atoms in total. The molecule has 5 heteroatoms. The molecule has 1 aromatic rings. The number of halogens is 3. The van der Waals surface area contributed by atoms with Crippen molar-refractivity contribution in [1.82, 2.24) is 0 Å². The Kier molecular flexibility index (Phi) is 4.77. The fourth-order valence-corrected chi connectivity index (χ4v) is 1.66. The molecule has 0 spiro atoms. The Morgan fingerprint density at radius 3 is 2.53 bits per heavy atom. The topological polar surface area (TPSA) is 43.1 Å². The molecule has 94 valence electrons. The van der Waals surface area contributed by atoms with Crippen molar-refractivity contribution in [3.8, 4) is 0 Å². The van der Waals surface area contributed by atoms with Crippen LogP contribution < -0.4 is 5.73 Å². The van der Waals surface area contributed by atoms with Crippen LogP contribution in [0.2, 0.25) is 0 Å². The van der Waals surface area contributed by atoms with E-state index in [2.05, 4.69) is 15.9 Å². The van der Waals surface area contributed by atoms with Gasteiger partial charge in [-0.15, -0.1) is 0 Å². The van der Waals surface area contributed by atoms with Crippen molar-refractivity contribution in [3.63, 3.8) is 0 Å². The molecule has 0 amide bonds. The predicted octanol–water partition coefficient (Wildman–Crippen LogP) is 3.28. The zero-order chi connectivity index (χ0) is 13.2. The first-order chi connectivity index (χ1) is 7.84. The summed E-state index contributed by atoms with van der Waals surface area (Å²) in [4.78, 5) is 11.8. The van der Waals surface area contributed by atoms with Gasteiger partial charge in [-0.3, -0.25) is 4.79 Å². The molecule has 0 aliphatic rings. The molecule has 0 fully saturated rings. The van der Waals surface area contributed by atoms with E-state index in [1.54, 1.807) is 0 Å². The third-order valence-corrected chi connectivity index (χ3v) is 3.21. The first-order valence-corrected chi connectivity index (χ1v) is 6.06. The molecule has 1 rings (SSSR count). The summed E-state index contributed by atoms with van der Waals surface area (Å²) < 4.78 is 27.1. The maximum atomic E-state index is 13.6. The van der Waals surface area contributed by atoms with E-state index in [0.717, 1.165) is 6.07 Å². The van der Waals surface area contributed by atoms with Crippen LogP contribution in [0.4, 0.5) is 8.78 Å². The highest BCUT2D eigenvalue weighted by molar-refractivity contribution is 9.10. The van der Waals surface area contributed by atoms with Gasteiger partial charge in [-0.1, -0.05) is 13.8 Å². The third kappa shape index (κ3) is 3.33. The van der Waals surface area contributed by atoms with Crippen LogP contribution in [0.15, 0.2) is 16.6 Å². The number of carbonyl (C=O) groups excluding carboxylic acids is 1. The van der Waals surface area contributed by atoms with Gasteiger partial charge in [-0.05, 0) is 34.0 Å².